The fourth-order valence-electron chi connectivity index (χ4n) is 9.86. The zero-order valence-electron chi connectivity index (χ0n) is 20.1. The van der Waals surface area contributed by atoms with Crippen LogP contribution in [-0.2, 0) is 9.47 Å². The Hall–Kier alpha value is -0.340. The third-order valence-electron chi connectivity index (χ3n) is 11.6. The number of allylic oxidation sites excluding steroid dienone is 2. The monoisotopic (exact) mass is 412 g/mol. The molecule has 168 valence electrons. The number of ether oxygens (including phenoxy) is 2. The molecule has 6 rings (SSSR count). The summed E-state index contributed by atoms with van der Waals surface area (Å²) >= 11 is 0. The van der Waals surface area contributed by atoms with Crippen LogP contribution < -0.4 is 0 Å². The fraction of sp³-hybridized carbons (Fsp3) is 0.929. The highest BCUT2D eigenvalue weighted by atomic mass is 16.7. The molecule has 0 N–H and O–H groups in total. The zero-order chi connectivity index (χ0) is 20.9. The topological polar surface area (TPSA) is 18.5 Å². The summed E-state index contributed by atoms with van der Waals surface area (Å²) in [6.45, 7) is 13.5. The van der Waals surface area contributed by atoms with E-state index >= 15 is 0 Å². The van der Waals surface area contributed by atoms with Crippen molar-refractivity contribution in [1.29, 1.82) is 0 Å². The first kappa shape index (κ1) is 20.3. The van der Waals surface area contributed by atoms with E-state index in [0.29, 0.717) is 34.7 Å². The van der Waals surface area contributed by atoms with Crippen molar-refractivity contribution in [3.8, 4) is 0 Å². The standard InChI is InChI=1S/C28H44O2/c1-17-8-11-26(4)20(14-17)6-7-21-22(26)10-12-27(5)23(21)15-24-25(27)19(3)28(30-24)13-9-18(2)16-29-28/h6,17-19,21-25H,7-16H2,1-5H3/t17?,18?,19-,21?,22?,23?,24?,25?,26-,27?,28?/m0/s1. The lowest BCUT2D eigenvalue weighted by Gasteiger charge is -2.58. The molecular formula is C28H44O2. The summed E-state index contributed by atoms with van der Waals surface area (Å²) in [6.07, 6.45) is 15.3. The second-order valence-electron chi connectivity index (χ2n) is 13.1. The van der Waals surface area contributed by atoms with Gasteiger partial charge in [-0.3, -0.25) is 0 Å². The summed E-state index contributed by atoms with van der Waals surface area (Å²) < 4.78 is 13.4. The number of hydrogen-bond acceptors (Lipinski definition) is 2. The zero-order valence-corrected chi connectivity index (χ0v) is 20.1. The van der Waals surface area contributed by atoms with Gasteiger partial charge >= 0.3 is 0 Å². The van der Waals surface area contributed by atoms with Gasteiger partial charge in [-0.05, 0) is 97.7 Å². The Labute approximate surface area is 184 Å². The average Bonchev–Trinajstić information content (AvgIpc) is 3.16. The van der Waals surface area contributed by atoms with Crippen LogP contribution in [0.5, 0.6) is 0 Å². The summed E-state index contributed by atoms with van der Waals surface area (Å²) in [6, 6.07) is 0. The number of rotatable bonds is 0. The van der Waals surface area contributed by atoms with Crippen molar-refractivity contribution in [1.82, 2.24) is 0 Å². The molecule has 0 aromatic carbocycles. The maximum Gasteiger partial charge on any atom is 0.171 e. The quantitative estimate of drug-likeness (QED) is 0.399. The van der Waals surface area contributed by atoms with Crippen LogP contribution in [0.25, 0.3) is 0 Å². The summed E-state index contributed by atoms with van der Waals surface area (Å²) in [5, 5.41) is 0. The Morgan fingerprint density at radius 3 is 2.50 bits per heavy atom. The van der Waals surface area contributed by atoms with Gasteiger partial charge < -0.3 is 9.47 Å². The smallest absolute Gasteiger partial charge is 0.171 e. The minimum atomic E-state index is -0.266. The van der Waals surface area contributed by atoms with Gasteiger partial charge in [0.2, 0.25) is 0 Å². The van der Waals surface area contributed by atoms with E-state index in [0.717, 1.165) is 36.7 Å². The van der Waals surface area contributed by atoms with Crippen LogP contribution in [0.2, 0.25) is 0 Å². The molecule has 0 aromatic rings. The predicted octanol–water partition coefficient (Wildman–Crippen LogP) is 6.99. The highest BCUT2D eigenvalue weighted by Crippen LogP contribution is 2.70. The SMILES string of the molecule is CC1CCC2(OC1)OC1CC3C4CC=C5CC(C)CC[C@]5(C)C4CCC3(C)C1[C@@H]2C. The van der Waals surface area contributed by atoms with Crippen LogP contribution in [0, 0.1) is 52.3 Å². The second kappa shape index (κ2) is 6.60. The minimum absolute atomic E-state index is 0.266. The summed E-state index contributed by atoms with van der Waals surface area (Å²) in [5.74, 6) is 5.20. The first-order valence-electron chi connectivity index (χ1n) is 13.3. The van der Waals surface area contributed by atoms with Crippen molar-refractivity contribution >= 4 is 0 Å². The molecule has 6 aliphatic rings. The van der Waals surface area contributed by atoms with Crippen LogP contribution in [0.4, 0.5) is 0 Å². The van der Waals surface area contributed by atoms with Crippen LogP contribution in [0.3, 0.4) is 0 Å². The molecule has 0 radical (unpaired) electrons. The van der Waals surface area contributed by atoms with Crippen molar-refractivity contribution in [2.45, 2.75) is 104 Å². The van der Waals surface area contributed by atoms with E-state index in [1.54, 1.807) is 0 Å². The minimum Gasteiger partial charge on any atom is -0.349 e. The lowest BCUT2D eigenvalue weighted by Crippen LogP contribution is -2.52. The summed E-state index contributed by atoms with van der Waals surface area (Å²) in [7, 11) is 0. The Morgan fingerprint density at radius 1 is 0.933 bits per heavy atom. The average molecular weight is 413 g/mol. The van der Waals surface area contributed by atoms with Crippen molar-refractivity contribution in [3.63, 3.8) is 0 Å². The Bertz CT molecular complexity index is 733. The van der Waals surface area contributed by atoms with E-state index < -0.39 is 0 Å². The first-order chi connectivity index (χ1) is 14.3. The van der Waals surface area contributed by atoms with E-state index in [4.69, 9.17) is 9.47 Å². The normalized spacial score (nSPS) is 59.8. The maximum atomic E-state index is 6.92. The molecule has 0 amide bonds. The Balaban J connectivity index is 1.28. The second-order valence-corrected chi connectivity index (χ2v) is 13.1. The van der Waals surface area contributed by atoms with Gasteiger partial charge in [0.15, 0.2) is 5.79 Å². The highest BCUT2D eigenvalue weighted by Gasteiger charge is 2.68. The maximum absolute atomic E-state index is 6.92. The molecule has 0 aromatic heterocycles. The Kier molecular flexibility index (Phi) is 4.46. The summed E-state index contributed by atoms with van der Waals surface area (Å²) in [5.41, 5.74) is 2.77. The molecule has 9 unspecified atom stereocenters. The molecule has 5 fully saturated rings. The van der Waals surface area contributed by atoms with Crippen molar-refractivity contribution < 1.29 is 9.47 Å². The lowest BCUT2D eigenvalue weighted by molar-refractivity contribution is -0.272. The third kappa shape index (κ3) is 2.56. The molecule has 4 aliphatic carbocycles. The molecule has 1 spiro atoms. The van der Waals surface area contributed by atoms with Crippen LogP contribution >= 0.6 is 0 Å². The molecular weight excluding hydrogens is 368 g/mol. The van der Waals surface area contributed by atoms with E-state index in [9.17, 15) is 0 Å². The molecule has 0 bridgehead atoms. The van der Waals surface area contributed by atoms with E-state index in [1.165, 1.54) is 51.4 Å². The molecule has 30 heavy (non-hydrogen) atoms. The Morgan fingerprint density at radius 2 is 1.73 bits per heavy atom. The molecule has 2 nitrogen and oxygen atoms in total. The predicted molar refractivity (Wildman–Crippen MR) is 121 cm³/mol. The fourth-order valence-corrected chi connectivity index (χ4v) is 9.86. The van der Waals surface area contributed by atoms with Crippen molar-refractivity contribution in [2.24, 2.45) is 52.3 Å². The van der Waals surface area contributed by atoms with Crippen molar-refractivity contribution in [2.75, 3.05) is 6.61 Å². The molecule has 2 heterocycles. The first-order valence-corrected chi connectivity index (χ1v) is 13.3. The van der Waals surface area contributed by atoms with E-state index in [1.807, 2.05) is 5.57 Å². The molecule has 3 saturated carbocycles. The lowest BCUT2D eigenvalue weighted by atomic mass is 9.46. The number of hydrogen-bond donors (Lipinski definition) is 0. The van der Waals surface area contributed by atoms with E-state index in [2.05, 4.69) is 40.7 Å². The largest absolute Gasteiger partial charge is 0.349 e. The van der Waals surface area contributed by atoms with Gasteiger partial charge in [-0.15, -0.1) is 0 Å². The van der Waals surface area contributed by atoms with Crippen molar-refractivity contribution in [3.05, 3.63) is 11.6 Å². The van der Waals surface area contributed by atoms with Gasteiger partial charge in [0, 0.05) is 12.3 Å². The van der Waals surface area contributed by atoms with Gasteiger partial charge in [0.1, 0.15) is 0 Å². The molecule has 2 aliphatic heterocycles. The molecule has 2 heteroatoms. The third-order valence-corrected chi connectivity index (χ3v) is 11.6. The van der Waals surface area contributed by atoms with E-state index in [-0.39, 0.29) is 5.79 Å². The van der Waals surface area contributed by atoms with Gasteiger partial charge in [-0.25, -0.2) is 0 Å². The highest BCUT2D eigenvalue weighted by molar-refractivity contribution is 5.26. The molecule has 2 saturated heterocycles. The van der Waals surface area contributed by atoms with Crippen LogP contribution in [-0.4, -0.2) is 18.5 Å². The van der Waals surface area contributed by atoms with Crippen LogP contribution in [0.15, 0.2) is 11.6 Å². The van der Waals surface area contributed by atoms with Gasteiger partial charge in [0.25, 0.3) is 0 Å². The number of fused-ring (bicyclic) bond motifs is 7. The van der Waals surface area contributed by atoms with Gasteiger partial charge in [-0.1, -0.05) is 46.3 Å². The van der Waals surface area contributed by atoms with Gasteiger partial charge in [-0.2, -0.15) is 0 Å². The van der Waals surface area contributed by atoms with Crippen LogP contribution in [0.1, 0.15) is 92.4 Å². The molecule has 11 atom stereocenters. The van der Waals surface area contributed by atoms with Gasteiger partial charge in [0.05, 0.1) is 12.7 Å². The summed E-state index contributed by atoms with van der Waals surface area (Å²) in [4.78, 5) is 0.